The van der Waals surface area contributed by atoms with Crippen molar-refractivity contribution in [1.29, 1.82) is 0 Å². The van der Waals surface area contributed by atoms with Crippen LogP contribution in [0.4, 0.5) is 0 Å². The summed E-state index contributed by atoms with van der Waals surface area (Å²) in [7, 11) is 0. The lowest BCUT2D eigenvalue weighted by atomic mass is 9.81. The molecular formula is C22H29NOS. The lowest BCUT2D eigenvalue weighted by Gasteiger charge is -2.25. The smallest absolute Gasteiger partial charge is 0.0940 e. The summed E-state index contributed by atoms with van der Waals surface area (Å²) in [5, 5.41) is 18.4. The summed E-state index contributed by atoms with van der Waals surface area (Å²) in [5.74, 6) is 0.694. The number of nitrogens with one attached hydrogen (secondary N) is 1. The van der Waals surface area contributed by atoms with E-state index in [0.717, 1.165) is 12.1 Å². The van der Waals surface area contributed by atoms with Crippen molar-refractivity contribution in [3.63, 3.8) is 0 Å². The van der Waals surface area contributed by atoms with E-state index in [9.17, 15) is 5.11 Å². The number of aliphatic hydroxyl groups is 1. The molecule has 1 fully saturated rings. The summed E-state index contributed by atoms with van der Waals surface area (Å²) in [4.78, 5) is 0. The normalized spacial score (nSPS) is 18.9. The highest BCUT2D eigenvalue weighted by atomic mass is 32.1. The Morgan fingerprint density at radius 2 is 1.96 bits per heavy atom. The first-order valence-corrected chi connectivity index (χ1v) is 10.4. The van der Waals surface area contributed by atoms with Crippen molar-refractivity contribution in [3.8, 4) is 0 Å². The van der Waals surface area contributed by atoms with Gasteiger partial charge in [0.15, 0.2) is 0 Å². The summed E-state index contributed by atoms with van der Waals surface area (Å²) >= 11 is 1.77. The summed E-state index contributed by atoms with van der Waals surface area (Å²) in [5.41, 5.74) is 3.85. The first-order chi connectivity index (χ1) is 12.3. The van der Waals surface area contributed by atoms with Crippen LogP contribution in [-0.4, -0.2) is 17.7 Å². The molecule has 1 aromatic carbocycles. The van der Waals surface area contributed by atoms with E-state index in [1.807, 2.05) is 30.3 Å². The second kappa shape index (κ2) is 9.33. The molecule has 2 N–H and O–H groups in total. The average Bonchev–Trinajstić information content (AvgIpc) is 3.20. The molecule has 25 heavy (non-hydrogen) atoms. The molecular weight excluding hydrogens is 326 g/mol. The molecule has 2 atom stereocenters. The van der Waals surface area contributed by atoms with Gasteiger partial charge in [-0.3, -0.25) is 0 Å². The topological polar surface area (TPSA) is 32.3 Å². The molecule has 1 aliphatic rings. The van der Waals surface area contributed by atoms with Crippen LogP contribution in [-0.2, 0) is 0 Å². The van der Waals surface area contributed by atoms with Gasteiger partial charge in [-0.25, -0.2) is 0 Å². The van der Waals surface area contributed by atoms with E-state index in [4.69, 9.17) is 0 Å². The molecule has 3 rings (SSSR count). The van der Waals surface area contributed by atoms with Crippen molar-refractivity contribution in [3.05, 3.63) is 64.4 Å². The van der Waals surface area contributed by atoms with Gasteiger partial charge in [0.25, 0.3) is 0 Å². The van der Waals surface area contributed by atoms with E-state index in [-0.39, 0.29) is 6.04 Å². The number of benzene rings is 1. The van der Waals surface area contributed by atoms with E-state index < -0.39 is 6.10 Å². The van der Waals surface area contributed by atoms with Gasteiger partial charge in [-0.05, 0) is 59.2 Å². The standard InChI is InChI=1S/C22H29NOS/c1-17(22(24)19-10-6-3-7-11-19)23-14-12-21(20-13-15-25-16-20)18-8-4-2-5-9-18/h3,6-7,10-13,15-18,22-24H,2,4-5,8-9,14H2,1H3/b21-12-. The van der Waals surface area contributed by atoms with E-state index in [1.54, 1.807) is 11.3 Å². The van der Waals surface area contributed by atoms with Crippen LogP contribution in [0, 0.1) is 5.92 Å². The van der Waals surface area contributed by atoms with E-state index in [2.05, 4.69) is 35.1 Å². The zero-order valence-corrected chi connectivity index (χ0v) is 15.8. The minimum absolute atomic E-state index is 0.0220. The molecule has 0 bridgehead atoms. The third kappa shape index (κ3) is 5.04. The molecule has 0 radical (unpaired) electrons. The SMILES string of the molecule is CC(NC/C=C(\c1ccsc1)C1CCCCC1)C(O)c1ccccc1. The molecule has 2 aromatic rings. The van der Waals surface area contributed by atoms with Crippen LogP contribution in [0.25, 0.3) is 5.57 Å². The van der Waals surface area contributed by atoms with Crippen LogP contribution < -0.4 is 5.32 Å². The Labute approximate surface area is 155 Å². The van der Waals surface area contributed by atoms with Gasteiger partial charge in [-0.1, -0.05) is 55.7 Å². The maximum absolute atomic E-state index is 10.5. The third-order valence-electron chi connectivity index (χ3n) is 5.28. The van der Waals surface area contributed by atoms with Crippen molar-refractivity contribution in [1.82, 2.24) is 5.32 Å². The van der Waals surface area contributed by atoms with Crippen molar-refractivity contribution >= 4 is 16.9 Å². The molecule has 0 spiro atoms. The Morgan fingerprint density at radius 1 is 1.20 bits per heavy atom. The molecule has 1 heterocycles. The van der Waals surface area contributed by atoms with Crippen molar-refractivity contribution in [2.45, 2.75) is 51.2 Å². The minimum Gasteiger partial charge on any atom is -0.387 e. The maximum atomic E-state index is 10.5. The van der Waals surface area contributed by atoms with E-state index in [0.29, 0.717) is 5.92 Å². The number of allylic oxidation sites excluding steroid dienone is 1. The fourth-order valence-electron chi connectivity index (χ4n) is 3.77. The Hall–Kier alpha value is -1.42. The number of aliphatic hydroxyl groups excluding tert-OH is 1. The van der Waals surface area contributed by atoms with Crippen LogP contribution in [0.15, 0.2) is 53.2 Å². The largest absolute Gasteiger partial charge is 0.387 e. The Balaban J connectivity index is 1.63. The number of hydrogen-bond donors (Lipinski definition) is 2. The second-order valence-corrected chi connectivity index (χ2v) is 7.84. The predicted octanol–water partition coefficient (Wildman–Crippen LogP) is 5.42. The Bertz CT molecular complexity index is 644. The quantitative estimate of drug-likeness (QED) is 0.695. The van der Waals surface area contributed by atoms with Crippen LogP contribution >= 0.6 is 11.3 Å². The zero-order valence-electron chi connectivity index (χ0n) is 15.0. The minimum atomic E-state index is -0.478. The fourth-order valence-corrected chi connectivity index (χ4v) is 4.43. The van der Waals surface area contributed by atoms with Crippen molar-refractivity contribution < 1.29 is 5.11 Å². The number of hydrogen-bond acceptors (Lipinski definition) is 3. The molecule has 2 nitrogen and oxygen atoms in total. The fraction of sp³-hybridized carbons (Fsp3) is 0.455. The summed E-state index contributed by atoms with van der Waals surface area (Å²) in [6.07, 6.45) is 8.58. The monoisotopic (exact) mass is 355 g/mol. The van der Waals surface area contributed by atoms with Gasteiger partial charge in [-0.15, -0.1) is 0 Å². The van der Waals surface area contributed by atoms with Crippen LogP contribution in [0.5, 0.6) is 0 Å². The lowest BCUT2D eigenvalue weighted by molar-refractivity contribution is 0.138. The maximum Gasteiger partial charge on any atom is 0.0940 e. The highest BCUT2D eigenvalue weighted by Gasteiger charge is 2.20. The van der Waals surface area contributed by atoms with Gasteiger partial charge in [0.2, 0.25) is 0 Å². The lowest BCUT2D eigenvalue weighted by Crippen LogP contribution is -2.32. The third-order valence-corrected chi connectivity index (χ3v) is 5.96. The first-order valence-electron chi connectivity index (χ1n) is 9.44. The highest BCUT2D eigenvalue weighted by molar-refractivity contribution is 7.08. The first kappa shape index (κ1) is 18.4. The van der Waals surface area contributed by atoms with Gasteiger partial charge >= 0.3 is 0 Å². The van der Waals surface area contributed by atoms with E-state index in [1.165, 1.54) is 43.2 Å². The second-order valence-electron chi connectivity index (χ2n) is 7.06. The van der Waals surface area contributed by atoms with Gasteiger partial charge in [0.1, 0.15) is 0 Å². The average molecular weight is 356 g/mol. The predicted molar refractivity (Wildman–Crippen MR) is 108 cm³/mol. The number of thiophene rings is 1. The summed E-state index contributed by atoms with van der Waals surface area (Å²) in [6.45, 7) is 2.85. The molecule has 1 aliphatic carbocycles. The molecule has 0 aliphatic heterocycles. The zero-order chi connectivity index (χ0) is 17.5. The van der Waals surface area contributed by atoms with Crippen LogP contribution in [0.2, 0.25) is 0 Å². The molecule has 2 unspecified atom stereocenters. The molecule has 0 saturated heterocycles. The summed E-state index contributed by atoms with van der Waals surface area (Å²) in [6, 6.07) is 12.2. The highest BCUT2D eigenvalue weighted by Crippen LogP contribution is 2.36. The van der Waals surface area contributed by atoms with Gasteiger partial charge in [-0.2, -0.15) is 11.3 Å². The molecule has 134 valence electrons. The van der Waals surface area contributed by atoms with Crippen LogP contribution in [0.1, 0.15) is 56.3 Å². The molecule has 1 saturated carbocycles. The molecule has 3 heteroatoms. The van der Waals surface area contributed by atoms with Gasteiger partial charge in [0.05, 0.1) is 6.10 Å². The van der Waals surface area contributed by atoms with Gasteiger partial charge < -0.3 is 10.4 Å². The van der Waals surface area contributed by atoms with Gasteiger partial charge in [0, 0.05) is 12.6 Å². The van der Waals surface area contributed by atoms with E-state index >= 15 is 0 Å². The van der Waals surface area contributed by atoms with Crippen molar-refractivity contribution in [2.24, 2.45) is 5.92 Å². The Morgan fingerprint density at radius 3 is 2.64 bits per heavy atom. The van der Waals surface area contributed by atoms with Crippen LogP contribution in [0.3, 0.4) is 0 Å². The molecule has 1 aromatic heterocycles. The number of rotatable bonds is 7. The summed E-state index contributed by atoms with van der Waals surface area (Å²) < 4.78 is 0. The van der Waals surface area contributed by atoms with Crippen molar-refractivity contribution in [2.75, 3.05) is 6.54 Å². The molecule has 0 amide bonds. The Kier molecular flexibility index (Phi) is 6.85.